The van der Waals surface area contributed by atoms with Gasteiger partial charge in [-0.2, -0.15) is 0 Å². The van der Waals surface area contributed by atoms with Crippen molar-refractivity contribution in [1.82, 2.24) is 0 Å². The molecule has 0 aromatic rings. The van der Waals surface area contributed by atoms with Gasteiger partial charge in [0.2, 0.25) is 0 Å². The first kappa shape index (κ1) is 7.24. The molecular weight excluding hydrogens is 106 g/mol. The highest BCUT2D eigenvalue weighted by atomic mass is 14.1. The van der Waals surface area contributed by atoms with Gasteiger partial charge in [0.1, 0.15) is 7.28 Å². The molecule has 0 spiro atoms. The van der Waals surface area contributed by atoms with E-state index in [0.717, 1.165) is 5.82 Å². The Balaban J connectivity index is 2.18. The fourth-order valence-electron chi connectivity index (χ4n) is 1.48. The molecule has 9 heavy (non-hydrogen) atoms. The van der Waals surface area contributed by atoms with Crippen molar-refractivity contribution >= 4 is 15.1 Å². The monoisotopic (exact) mass is 119 g/mol. The van der Waals surface area contributed by atoms with E-state index in [2.05, 4.69) is 14.1 Å². The number of hydrogen-bond donors (Lipinski definition) is 0. The second-order valence-corrected chi connectivity index (χ2v) is 3.01. The van der Waals surface area contributed by atoms with Crippen LogP contribution in [0, 0.1) is 0 Å². The van der Waals surface area contributed by atoms with E-state index in [9.17, 15) is 0 Å². The molecule has 0 aliphatic heterocycles. The Bertz CT molecular complexity index is 75.0. The topological polar surface area (TPSA) is 0 Å². The number of hydrogen-bond acceptors (Lipinski definition) is 0. The van der Waals surface area contributed by atoms with Gasteiger partial charge < -0.3 is 0 Å². The third-order valence-corrected chi connectivity index (χ3v) is 2.29. The summed E-state index contributed by atoms with van der Waals surface area (Å²) in [6.07, 6.45) is 5.10. The summed E-state index contributed by atoms with van der Waals surface area (Å²) in [4.78, 5) is 0. The molecule has 2 heteroatoms. The second kappa shape index (κ2) is 3.34. The molecule has 0 saturated heterocycles. The van der Waals surface area contributed by atoms with Gasteiger partial charge in [0.05, 0.1) is 7.85 Å². The van der Waals surface area contributed by atoms with Crippen molar-refractivity contribution in [2.75, 3.05) is 0 Å². The number of rotatable bonds is 1. The third kappa shape index (κ3) is 2.08. The summed E-state index contributed by atoms with van der Waals surface area (Å²) in [5, 5.41) is 0. The zero-order valence-electron chi connectivity index (χ0n) is 6.14. The molecule has 1 aliphatic carbocycles. The van der Waals surface area contributed by atoms with Gasteiger partial charge in [0.15, 0.2) is 0 Å². The fraction of sp³-hybridized carbons (Fsp3) is 1.00. The molecule has 0 N–H and O–H groups in total. The predicted molar refractivity (Wildman–Crippen MR) is 43.3 cm³/mol. The predicted octanol–water partition coefficient (Wildman–Crippen LogP) is 2.06. The van der Waals surface area contributed by atoms with E-state index >= 15 is 0 Å². The average molecular weight is 119 g/mol. The van der Waals surface area contributed by atoms with Gasteiger partial charge in [-0.1, -0.05) is 44.1 Å². The molecule has 0 aromatic heterocycles. The summed E-state index contributed by atoms with van der Waals surface area (Å²) in [5.74, 6) is 1.37. The first-order valence-corrected chi connectivity index (χ1v) is 3.88. The van der Waals surface area contributed by atoms with Crippen LogP contribution in [0.2, 0.25) is 18.5 Å². The lowest BCUT2D eigenvalue weighted by Crippen LogP contribution is -2.09. The molecule has 0 amide bonds. The molecule has 1 saturated carbocycles. The minimum Gasteiger partial charge on any atom is -0.0917 e. The Morgan fingerprint density at radius 2 is 1.78 bits per heavy atom. The van der Waals surface area contributed by atoms with Crippen molar-refractivity contribution in [2.45, 2.75) is 44.1 Å². The van der Waals surface area contributed by atoms with E-state index in [1.165, 1.54) is 25.7 Å². The van der Waals surface area contributed by atoms with Crippen LogP contribution in [0.4, 0.5) is 0 Å². The van der Waals surface area contributed by atoms with Crippen molar-refractivity contribution < 1.29 is 0 Å². The van der Waals surface area contributed by atoms with Crippen molar-refractivity contribution in [3.8, 4) is 0 Å². The standard InChI is InChI=1S/C7H13B2/c1-9-7-4-2-6(8)3-5-7/h6-7H,2-5H2,1H3. The quantitative estimate of drug-likeness (QED) is 0.463. The summed E-state index contributed by atoms with van der Waals surface area (Å²) in [6, 6.07) is 0. The maximum atomic E-state index is 5.74. The molecule has 1 rings (SSSR count). The average Bonchev–Trinajstić information content (AvgIpc) is 1.90. The fourth-order valence-corrected chi connectivity index (χ4v) is 1.48. The molecule has 0 nitrogen and oxygen atoms in total. The smallest absolute Gasteiger partial charge is 0.0917 e. The lowest BCUT2D eigenvalue weighted by Gasteiger charge is -2.24. The highest BCUT2D eigenvalue weighted by Gasteiger charge is 2.15. The van der Waals surface area contributed by atoms with Gasteiger partial charge in [-0.3, -0.25) is 0 Å². The van der Waals surface area contributed by atoms with Gasteiger partial charge in [0, 0.05) is 0 Å². The van der Waals surface area contributed by atoms with E-state index in [4.69, 9.17) is 7.85 Å². The zero-order valence-corrected chi connectivity index (χ0v) is 6.14. The van der Waals surface area contributed by atoms with Crippen LogP contribution in [0.15, 0.2) is 0 Å². The maximum absolute atomic E-state index is 5.74. The van der Waals surface area contributed by atoms with E-state index in [-0.39, 0.29) is 0 Å². The molecule has 0 atom stereocenters. The van der Waals surface area contributed by atoms with E-state index in [1.54, 1.807) is 0 Å². The summed E-state index contributed by atoms with van der Waals surface area (Å²) in [7, 11) is 8.05. The van der Waals surface area contributed by atoms with Crippen LogP contribution in [0.5, 0.6) is 0 Å². The maximum Gasteiger partial charge on any atom is 0.110 e. The Morgan fingerprint density at radius 3 is 2.22 bits per heavy atom. The van der Waals surface area contributed by atoms with E-state index < -0.39 is 0 Å². The van der Waals surface area contributed by atoms with Crippen LogP contribution in [0.1, 0.15) is 25.7 Å². The first-order valence-electron chi connectivity index (χ1n) is 3.88. The summed E-state index contributed by atoms with van der Waals surface area (Å²) < 4.78 is 0. The molecule has 1 fully saturated rings. The highest BCUT2D eigenvalue weighted by Crippen LogP contribution is 2.33. The van der Waals surface area contributed by atoms with Gasteiger partial charge in [-0.25, -0.2) is 0 Å². The van der Waals surface area contributed by atoms with Gasteiger partial charge in [-0.15, -0.1) is 0 Å². The molecule has 47 valence electrons. The SMILES string of the molecule is [B]C1CCC([B]C)CC1. The van der Waals surface area contributed by atoms with Crippen LogP contribution >= 0.6 is 0 Å². The Kier molecular flexibility index (Phi) is 2.68. The second-order valence-electron chi connectivity index (χ2n) is 3.01. The normalized spacial score (nSPS) is 36.1. The molecule has 0 aromatic carbocycles. The van der Waals surface area contributed by atoms with E-state index in [1.807, 2.05) is 0 Å². The first-order chi connectivity index (χ1) is 4.33. The molecular formula is C7H13B2. The van der Waals surface area contributed by atoms with Crippen LogP contribution < -0.4 is 0 Å². The Hall–Kier alpha value is 0.130. The van der Waals surface area contributed by atoms with Crippen molar-refractivity contribution in [3.63, 3.8) is 0 Å². The minimum atomic E-state index is 0.501. The van der Waals surface area contributed by atoms with Gasteiger partial charge in [-0.05, 0) is 0 Å². The molecule has 0 unspecified atom stereocenters. The van der Waals surface area contributed by atoms with Gasteiger partial charge in [0.25, 0.3) is 0 Å². The lowest BCUT2D eigenvalue weighted by atomic mass is 9.57. The van der Waals surface area contributed by atoms with Crippen LogP contribution in [-0.2, 0) is 0 Å². The van der Waals surface area contributed by atoms with Crippen molar-refractivity contribution in [1.29, 1.82) is 0 Å². The van der Waals surface area contributed by atoms with Crippen molar-refractivity contribution in [2.24, 2.45) is 0 Å². The largest absolute Gasteiger partial charge is 0.110 e. The third-order valence-electron chi connectivity index (χ3n) is 2.29. The van der Waals surface area contributed by atoms with Gasteiger partial charge >= 0.3 is 0 Å². The molecule has 1 aliphatic rings. The lowest BCUT2D eigenvalue weighted by molar-refractivity contribution is 0.501. The molecule has 3 radical (unpaired) electrons. The Morgan fingerprint density at radius 1 is 1.22 bits per heavy atom. The zero-order chi connectivity index (χ0) is 6.69. The highest BCUT2D eigenvalue weighted by molar-refractivity contribution is 6.35. The summed E-state index contributed by atoms with van der Waals surface area (Å²) in [5.41, 5.74) is 0. The molecule has 0 bridgehead atoms. The summed E-state index contributed by atoms with van der Waals surface area (Å²) >= 11 is 0. The van der Waals surface area contributed by atoms with Crippen LogP contribution in [0.25, 0.3) is 0 Å². The van der Waals surface area contributed by atoms with Crippen molar-refractivity contribution in [3.05, 3.63) is 0 Å². The summed E-state index contributed by atoms with van der Waals surface area (Å²) in [6.45, 7) is 2.15. The van der Waals surface area contributed by atoms with Crippen LogP contribution in [0.3, 0.4) is 0 Å². The van der Waals surface area contributed by atoms with Crippen LogP contribution in [-0.4, -0.2) is 15.1 Å². The molecule has 0 heterocycles. The Labute approximate surface area is 60.1 Å². The minimum absolute atomic E-state index is 0.501. The van der Waals surface area contributed by atoms with E-state index in [0.29, 0.717) is 5.82 Å².